The lowest BCUT2D eigenvalue weighted by molar-refractivity contribution is 0.473. The third-order valence-electron chi connectivity index (χ3n) is 1.02. The van der Waals surface area contributed by atoms with Gasteiger partial charge in [0.15, 0.2) is 0 Å². The van der Waals surface area contributed by atoms with Gasteiger partial charge in [-0.1, -0.05) is 0 Å². The summed E-state index contributed by atoms with van der Waals surface area (Å²) < 4.78 is 0. The molecule has 1 aromatic rings. The number of rotatable bonds is 2. The molecule has 0 atom stereocenters. The highest BCUT2D eigenvalue weighted by molar-refractivity contribution is 5.78. The van der Waals surface area contributed by atoms with Crippen molar-refractivity contribution < 1.29 is 14.7 Å². The lowest BCUT2D eigenvalue weighted by Gasteiger charge is -1.92. The molecular formula is C7H3NO3. The van der Waals surface area contributed by atoms with Gasteiger partial charge in [-0.05, 0) is 0 Å². The molecule has 0 aliphatic heterocycles. The second-order valence-corrected chi connectivity index (χ2v) is 1.80. The van der Waals surface area contributed by atoms with Gasteiger partial charge in [-0.25, -0.2) is 4.98 Å². The van der Waals surface area contributed by atoms with Crippen LogP contribution >= 0.6 is 0 Å². The van der Waals surface area contributed by atoms with Gasteiger partial charge in [-0.2, -0.15) is 0 Å². The first-order valence-electron chi connectivity index (χ1n) is 2.73. The van der Waals surface area contributed by atoms with Crippen LogP contribution in [0.3, 0.4) is 0 Å². The maximum Gasteiger partial charge on any atom is 0.253 e. The third-order valence-corrected chi connectivity index (χ3v) is 1.02. The second-order valence-electron chi connectivity index (χ2n) is 1.80. The number of pyridine rings is 1. The van der Waals surface area contributed by atoms with E-state index in [0.29, 0.717) is 0 Å². The van der Waals surface area contributed by atoms with Crippen LogP contribution in [0.15, 0.2) is 12.1 Å². The zero-order valence-electron chi connectivity index (χ0n) is 5.37. The largest absolute Gasteiger partial charge is 0.508 e. The van der Waals surface area contributed by atoms with E-state index in [4.69, 9.17) is 5.11 Å². The molecule has 4 nitrogen and oxygen atoms in total. The maximum atomic E-state index is 10.00. The van der Waals surface area contributed by atoms with E-state index < -0.39 is 0 Å². The van der Waals surface area contributed by atoms with Crippen LogP contribution in [-0.4, -0.2) is 22.7 Å². The Balaban J connectivity index is 3.21. The summed E-state index contributed by atoms with van der Waals surface area (Å²) in [4.78, 5) is 23.5. The summed E-state index contributed by atoms with van der Waals surface area (Å²) in [5.41, 5.74) is -0.216. The zero-order valence-corrected chi connectivity index (χ0v) is 5.37. The minimum absolute atomic E-state index is 0.108. The fourth-order valence-corrected chi connectivity index (χ4v) is 0.621. The molecule has 0 spiro atoms. The molecule has 1 heterocycles. The summed E-state index contributed by atoms with van der Waals surface area (Å²) >= 11 is 0. The lowest BCUT2D eigenvalue weighted by atomic mass is 10.3. The summed E-state index contributed by atoms with van der Waals surface area (Å²) in [7, 11) is 0. The Bertz CT molecular complexity index is 269. The SMILES string of the molecule is O=[C]c1cc(O)cc([C]=O)n1. The maximum absolute atomic E-state index is 10.00. The molecule has 0 saturated heterocycles. The average Bonchev–Trinajstić information content (AvgIpc) is 2.03. The van der Waals surface area contributed by atoms with Crippen molar-refractivity contribution in [2.24, 2.45) is 0 Å². The Kier molecular flexibility index (Phi) is 1.96. The second kappa shape index (κ2) is 2.92. The molecule has 11 heavy (non-hydrogen) atoms. The smallest absolute Gasteiger partial charge is 0.253 e. The average molecular weight is 149 g/mol. The Morgan fingerprint density at radius 3 is 2.00 bits per heavy atom. The van der Waals surface area contributed by atoms with Crippen LogP contribution < -0.4 is 0 Å². The van der Waals surface area contributed by atoms with E-state index in [1.165, 1.54) is 12.6 Å². The molecule has 0 unspecified atom stereocenters. The van der Waals surface area contributed by atoms with E-state index in [0.717, 1.165) is 12.1 Å². The molecule has 0 aromatic carbocycles. The van der Waals surface area contributed by atoms with Crippen molar-refractivity contribution in [3.63, 3.8) is 0 Å². The van der Waals surface area contributed by atoms with E-state index in [1.54, 1.807) is 0 Å². The molecule has 0 aliphatic rings. The molecule has 1 rings (SSSR count). The van der Waals surface area contributed by atoms with Crippen molar-refractivity contribution in [2.45, 2.75) is 0 Å². The number of hydrogen-bond donors (Lipinski definition) is 1. The first kappa shape index (κ1) is 7.40. The number of carbonyl (C=O) groups excluding carboxylic acids is 2. The van der Waals surface area contributed by atoms with Crippen molar-refractivity contribution in [2.75, 3.05) is 0 Å². The van der Waals surface area contributed by atoms with Gasteiger partial charge in [-0.3, -0.25) is 9.59 Å². The van der Waals surface area contributed by atoms with Crippen molar-refractivity contribution in [1.29, 1.82) is 0 Å². The molecule has 0 bridgehead atoms. The van der Waals surface area contributed by atoms with Gasteiger partial charge in [0.05, 0.1) is 0 Å². The summed E-state index contributed by atoms with van der Waals surface area (Å²) in [6.45, 7) is 0. The summed E-state index contributed by atoms with van der Waals surface area (Å²) in [6, 6.07) is 2.21. The Morgan fingerprint density at radius 1 is 1.18 bits per heavy atom. The topological polar surface area (TPSA) is 67.3 Å². The van der Waals surface area contributed by atoms with Gasteiger partial charge in [0, 0.05) is 12.1 Å². The molecule has 1 N–H and O–H groups in total. The molecule has 0 aliphatic carbocycles. The van der Waals surface area contributed by atoms with Crippen LogP contribution in [0.5, 0.6) is 5.75 Å². The van der Waals surface area contributed by atoms with Crippen LogP contribution in [0.25, 0.3) is 0 Å². The lowest BCUT2D eigenvalue weighted by Crippen LogP contribution is -1.92. The van der Waals surface area contributed by atoms with Gasteiger partial charge in [0.1, 0.15) is 17.1 Å². The van der Waals surface area contributed by atoms with Gasteiger partial charge >= 0.3 is 0 Å². The fraction of sp³-hybridized carbons (Fsp3) is 0. The van der Waals surface area contributed by atoms with E-state index >= 15 is 0 Å². The summed E-state index contributed by atoms with van der Waals surface area (Å²) in [5, 5.41) is 8.86. The highest BCUT2D eigenvalue weighted by Gasteiger charge is 2.00. The number of aromatic hydroxyl groups is 1. The van der Waals surface area contributed by atoms with Gasteiger partial charge in [0.2, 0.25) is 0 Å². The predicted octanol–water partition coefficient (Wildman–Crippen LogP) is -0.297. The molecular weight excluding hydrogens is 146 g/mol. The van der Waals surface area contributed by atoms with Crippen molar-refractivity contribution in [3.05, 3.63) is 23.5 Å². The number of nitrogens with zero attached hydrogens (tertiary/aromatic N) is 1. The summed E-state index contributed by atoms with van der Waals surface area (Å²) in [6.07, 6.45) is 2.88. The molecule has 4 heteroatoms. The van der Waals surface area contributed by atoms with Crippen LogP contribution in [0.2, 0.25) is 0 Å². The molecule has 0 fully saturated rings. The van der Waals surface area contributed by atoms with E-state index in [1.807, 2.05) is 0 Å². The predicted molar refractivity (Wildman–Crippen MR) is 35.5 cm³/mol. The van der Waals surface area contributed by atoms with E-state index in [-0.39, 0.29) is 17.1 Å². The molecule has 0 saturated carbocycles. The normalized spacial score (nSPS) is 9.09. The molecule has 1 aromatic heterocycles. The molecule has 2 radical (unpaired) electrons. The zero-order chi connectivity index (χ0) is 8.27. The fourth-order valence-electron chi connectivity index (χ4n) is 0.621. The number of aromatic nitrogens is 1. The minimum atomic E-state index is -0.197. The van der Waals surface area contributed by atoms with Crippen molar-refractivity contribution in [1.82, 2.24) is 4.98 Å². The number of hydrogen-bond acceptors (Lipinski definition) is 4. The van der Waals surface area contributed by atoms with Gasteiger partial charge in [0.25, 0.3) is 12.6 Å². The Labute approximate surface area is 62.5 Å². The standard InChI is InChI=1S/C7H3NO3/c9-3-5-1-7(11)2-6(4-10)8-5/h1-2H,(H,8,11). The third kappa shape index (κ3) is 1.61. The van der Waals surface area contributed by atoms with Crippen LogP contribution in [0.4, 0.5) is 0 Å². The van der Waals surface area contributed by atoms with Crippen LogP contribution in [0.1, 0.15) is 11.4 Å². The first-order valence-corrected chi connectivity index (χ1v) is 2.73. The highest BCUT2D eigenvalue weighted by Crippen LogP contribution is 2.08. The van der Waals surface area contributed by atoms with Crippen molar-refractivity contribution in [3.8, 4) is 5.75 Å². The quantitative estimate of drug-likeness (QED) is 0.627. The van der Waals surface area contributed by atoms with Crippen LogP contribution in [-0.2, 0) is 9.59 Å². The highest BCUT2D eigenvalue weighted by atomic mass is 16.3. The van der Waals surface area contributed by atoms with E-state index in [9.17, 15) is 9.59 Å². The summed E-state index contributed by atoms with van der Waals surface area (Å²) in [5.74, 6) is -0.197. The first-order chi connectivity index (χ1) is 5.26. The van der Waals surface area contributed by atoms with Crippen molar-refractivity contribution >= 4 is 12.6 Å². The van der Waals surface area contributed by atoms with Gasteiger partial charge in [-0.15, -0.1) is 0 Å². The Hall–Kier alpha value is -1.71. The monoisotopic (exact) mass is 149 g/mol. The minimum Gasteiger partial charge on any atom is -0.508 e. The van der Waals surface area contributed by atoms with Crippen LogP contribution in [0, 0.1) is 0 Å². The molecule has 54 valence electrons. The Morgan fingerprint density at radius 2 is 1.64 bits per heavy atom. The van der Waals surface area contributed by atoms with Gasteiger partial charge < -0.3 is 5.11 Å². The van der Waals surface area contributed by atoms with E-state index in [2.05, 4.69) is 4.98 Å². The molecule has 0 amide bonds.